The Morgan fingerprint density at radius 3 is 2.95 bits per heavy atom. The van der Waals surface area contributed by atoms with Crippen LogP contribution < -0.4 is 11.1 Å². The molecule has 0 aliphatic rings. The number of rotatable bonds is 5. The lowest BCUT2D eigenvalue weighted by Crippen LogP contribution is -2.26. The molecule has 20 heavy (non-hydrogen) atoms. The highest BCUT2D eigenvalue weighted by Crippen LogP contribution is 2.05. The van der Waals surface area contributed by atoms with Crippen LogP contribution in [0.5, 0.6) is 0 Å². The molecule has 1 aromatic carbocycles. The van der Waals surface area contributed by atoms with Gasteiger partial charge in [0.15, 0.2) is 12.2 Å². The number of aromatic nitrogens is 2. The molecule has 8 heteroatoms. The molecule has 8 nitrogen and oxygen atoms in total. The second-order valence-electron chi connectivity index (χ2n) is 3.91. The van der Waals surface area contributed by atoms with Crippen LogP contribution in [0.15, 0.2) is 40.3 Å². The number of amidine groups is 1. The lowest BCUT2D eigenvalue weighted by molar-refractivity contribution is 0.0953. The van der Waals surface area contributed by atoms with Crippen LogP contribution in [0.2, 0.25) is 0 Å². The Balaban J connectivity index is 1.95. The van der Waals surface area contributed by atoms with Crippen molar-refractivity contribution in [2.45, 2.75) is 6.42 Å². The average molecular weight is 275 g/mol. The van der Waals surface area contributed by atoms with Gasteiger partial charge in [-0.05, 0) is 12.1 Å². The Hall–Kier alpha value is -2.90. The number of carbonyl (C=O) groups excluding carboxylic acids is 1. The highest BCUT2D eigenvalue weighted by atomic mass is 16.5. The van der Waals surface area contributed by atoms with E-state index < -0.39 is 0 Å². The minimum absolute atomic E-state index is 0.0505. The third-order valence-electron chi connectivity index (χ3n) is 2.56. The van der Waals surface area contributed by atoms with Gasteiger partial charge in [-0.1, -0.05) is 22.4 Å². The van der Waals surface area contributed by atoms with E-state index in [0.717, 1.165) is 0 Å². The van der Waals surface area contributed by atoms with Gasteiger partial charge in [0, 0.05) is 24.1 Å². The van der Waals surface area contributed by atoms with Gasteiger partial charge in [0.25, 0.3) is 5.91 Å². The first-order valence-corrected chi connectivity index (χ1v) is 5.82. The fourth-order valence-corrected chi connectivity index (χ4v) is 1.57. The van der Waals surface area contributed by atoms with E-state index in [9.17, 15) is 4.79 Å². The van der Waals surface area contributed by atoms with Crippen LogP contribution in [0.25, 0.3) is 0 Å². The molecule has 0 fully saturated rings. The minimum Gasteiger partial charge on any atom is -0.409 e. The van der Waals surface area contributed by atoms with Gasteiger partial charge in [-0.3, -0.25) is 4.79 Å². The van der Waals surface area contributed by atoms with Crippen molar-refractivity contribution in [3.63, 3.8) is 0 Å². The Labute approximate surface area is 114 Å². The third-order valence-corrected chi connectivity index (χ3v) is 2.56. The van der Waals surface area contributed by atoms with Crippen LogP contribution in [-0.2, 0) is 6.42 Å². The van der Waals surface area contributed by atoms with E-state index in [4.69, 9.17) is 15.5 Å². The molecular weight excluding hydrogens is 262 g/mol. The lowest BCUT2D eigenvalue weighted by Gasteiger charge is -2.05. The van der Waals surface area contributed by atoms with Crippen molar-refractivity contribution in [1.29, 1.82) is 0 Å². The first kappa shape index (κ1) is 13.5. The van der Waals surface area contributed by atoms with Gasteiger partial charge >= 0.3 is 0 Å². The topological polar surface area (TPSA) is 127 Å². The number of oxime groups is 1. The van der Waals surface area contributed by atoms with Crippen molar-refractivity contribution in [3.8, 4) is 0 Å². The van der Waals surface area contributed by atoms with Gasteiger partial charge in [0.2, 0.25) is 5.89 Å². The number of nitrogens with two attached hydrogens (primary N) is 1. The largest absolute Gasteiger partial charge is 0.409 e. The maximum absolute atomic E-state index is 11.9. The summed E-state index contributed by atoms with van der Waals surface area (Å²) in [5, 5.41) is 17.7. The Morgan fingerprint density at radius 1 is 1.45 bits per heavy atom. The van der Waals surface area contributed by atoms with Crippen molar-refractivity contribution in [1.82, 2.24) is 15.5 Å². The van der Waals surface area contributed by atoms with Crippen LogP contribution in [0, 0.1) is 0 Å². The smallest absolute Gasteiger partial charge is 0.251 e. The van der Waals surface area contributed by atoms with E-state index in [1.54, 1.807) is 18.2 Å². The number of nitrogens with one attached hydrogen (secondary N) is 1. The van der Waals surface area contributed by atoms with Gasteiger partial charge in [0.1, 0.15) is 0 Å². The molecule has 0 atom stereocenters. The van der Waals surface area contributed by atoms with Crippen LogP contribution in [0.3, 0.4) is 0 Å². The van der Waals surface area contributed by atoms with E-state index in [1.807, 2.05) is 0 Å². The summed E-state index contributed by atoms with van der Waals surface area (Å²) in [6, 6.07) is 6.47. The molecule has 104 valence electrons. The molecular formula is C12H13N5O3. The number of hydrogen-bond donors (Lipinski definition) is 3. The minimum atomic E-state index is -0.267. The predicted molar refractivity (Wildman–Crippen MR) is 69.3 cm³/mol. The molecule has 1 aromatic heterocycles. The Morgan fingerprint density at radius 2 is 2.25 bits per heavy atom. The second-order valence-corrected chi connectivity index (χ2v) is 3.91. The molecule has 0 saturated heterocycles. The molecule has 0 spiro atoms. The summed E-state index contributed by atoms with van der Waals surface area (Å²) in [5.74, 6) is 0.137. The van der Waals surface area contributed by atoms with E-state index in [0.29, 0.717) is 30.0 Å². The van der Waals surface area contributed by atoms with Crippen molar-refractivity contribution in [3.05, 3.63) is 47.6 Å². The number of hydrogen-bond acceptors (Lipinski definition) is 6. The fraction of sp³-hybridized carbons (Fsp3) is 0.167. The summed E-state index contributed by atoms with van der Waals surface area (Å²) in [5.41, 5.74) is 6.35. The van der Waals surface area contributed by atoms with Crippen LogP contribution in [0.4, 0.5) is 0 Å². The highest BCUT2D eigenvalue weighted by molar-refractivity contribution is 6.01. The molecule has 0 bridgehead atoms. The molecule has 2 aromatic rings. The summed E-state index contributed by atoms with van der Waals surface area (Å²) < 4.78 is 4.81. The third kappa shape index (κ3) is 3.31. The van der Waals surface area contributed by atoms with Gasteiger partial charge in [-0.25, -0.2) is 0 Å². The Kier molecular flexibility index (Phi) is 4.28. The maximum Gasteiger partial charge on any atom is 0.251 e. The first-order chi connectivity index (χ1) is 9.70. The fourth-order valence-electron chi connectivity index (χ4n) is 1.57. The molecule has 2 rings (SSSR count). The van der Waals surface area contributed by atoms with Crippen molar-refractivity contribution in [2.75, 3.05) is 6.54 Å². The average Bonchev–Trinajstić information content (AvgIpc) is 2.99. The zero-order valence-electron chi connectivity index (χ0n) is 10.5. The zero-order chi connectivity index (χ0) is 14.4. The highest BCUT2D eigenvalue weighted by Gasteiger charge is 2.08. The quantitative estimate of drug-likeness (QED) is 0.308. The van der Waals surface area contributed by atoms with Gasteiger partial charge < -0.3 is 20.8 Å². The number of benzene rings is 1. The molecule has 0 saturated carbocycles. The normalized spacial score (nSPS) is 11.3. The van der Waals surface area contributed by atoms with Crippen molar-refractivity contribution < 1.29 is 14.5 Å². The molecule has 1 amide bonds. The van der Waals surface area contributed by atoms with Crippen LogP contribution in [-0.4, -0.2) is 33.6 Å². The summed E-state index contributed by atoms with van der Waals surface area (Å²) >= 11 is 0. The predicted octanol–water partition coefficient (Wildman–Crippen LogP) is 0.137. The van der Waals surface area contributed by atoms with E-state index in [-0.39, 0.29) is 11.7 Å². The monoisotopic (exact) mass is 275 g/mol. The van der Waals surface area contributed by atoms with Gasteiger partial charge in [-0.15, -0.1) is 0 Å². The van der Waals surface area contributed by atoms with E-state index in [1.165, 1.54) is 12.4 Å². The second kappa shape index (κ2) is 6.32. The van der Waals surface area contributed by atoms with E-state index in [2.05, 4.69) is 20.6 Å². The molecule has 0 radical (unpaired) electrons. The van der Waals surface area contributed by atoms with E-state index >= 15 is 0 Å². The lowest BCUT2D eigenvalue weighted by atomic mass is 10.1. The summed E-state index contributed by atoms with van der Waals surface area (Å²) in [6.07, 6.45) is 1.75. The number of nitrogens with zero attached hydrogens (tertiary/aromatic N) is 3. The summed E-state index contributed by atoms with van der Waals surface area (Å²) in [7, 11) is 0. The van der Waals surface area contributed by atoms with Gasteiger partial charge in [0.05, 0.1) is 0 Å². The number of amides is 1. The molecule has 0 unspecified atom stereocenters. The first-order valence-electron chi connectivity index (χ1n) is 5.82. The maximum atomic E-state index is 11.9. The zero-order valence-corrected chi connectivity index (χ0v) is 10.5. The standard InChI is InChI=1S/C12H13N5O3/c13-11(17-19)8-2-1-3-9(6-8)12(18)14-5-4-10-15-7-16-20-10/h1-3,6-7,19H,4-5H2,(H2,13,17)(H,14,18). The summed E-state index contributed by atoms with van der Waals surface area (Å²) in [4.78, 5) is 15.8. The number of carbonyl (C=O) groups is 1. The van der Waals surface area contributed by atoms with Crippen LogP contribution >= 0.6 is 0 Å². The van der Waals surface area contributed by atoms with Crippen molar-refractivity contribution in [2.24, 2.45) is 10.9 Å². The summed E-state index contributed by atoms with van der Waals surface area (Å²) in [6.45, 7) is 0.370. The molecule has 4 N–H and O–H groups in total. The molecule has 0 aliphatic heterocycles. The molecule has 0 aliphatic carbocycles. The molecule has 1 heterocycles. The van der Waals surface area contributed by atoms with Gasteiger partial charge in [-0.2, -0.15) is 4.98 Å². The Bertz CT molecular complexity index is 609. The van der Waals surface area contributed by atoms with Crippen molar-refractivity contribution >= 4 is 11.7 Å². The SMILES string of the molecule is N/C(=N/O)c1cccc(C(=O)NCCc2ncno2)c1. The van der Waals surface area contributed by atoms with Crippen LogP contribution in [0.1, 0.15) is 21.8 Å².